The molecule has 0 spiro atoms. The standard InChI is InChI=1S/C12H17NO2S/c1-3-16-11(10(13)12(14)15-2)9-7-5-4-6-8-9/h4-8,10-11H,3,13H2,1-2H3. The van der Waals surface area contributed by atoms with Crippen LogP contribution < -0.4 is 5.73 Å². The van der Waals surface area contributed by atoms with E-state index in [4.69, 9.17) is 5.73 Å². The van der Waals surface area contributed by atoms with E-state index in [0.29, 0.717) is 0 Å². The number of hydrogen-bond donors (Lipinski definition) is 1. The lowest BCUT2D eigenvalue weighted by Gasteiger charge is -2.21. The summed E-state index contributed by atoms with van der Waals surface area (Å²) >= 11 is 1.66. The first-order valence-corrected chi connectivity index (χ1v) is 6.25. The number of hydrogen-bond acceptors (Lipinski definition) is 4. The summed E-state index contributed by atoms with van der Waals surface area (Å²) in [6.45, 7) is 2.05. The smallest absolute Gasteiger partial charge is 0.324 e. The van der Waals surface area contributed by atoms with Crippen LogP contribution in [0, 0.1) is 0 Å². The molecule has 0 saturated carbocycles. The fraction of sp³-hybridized carbons (Fsp3) is 0.417. The molecule has 1 aromatic rings. The summed E-state index contributed by atoms with van der Waals surface area (Å²) in [5, 5.41) is -0.0429. The molecule has 88 valence electrons. The molecule has 0 bridgehead atoms. The van der Waals surface area contributed by atoms with E-state index >= 15 is 0 Å². The van der Waals surface area contributed by atoms with Gasteiger partial charge in [-0.15, -0.1) is 0 Å². The molecule has 0 saturated heterocycles. The molecule has 0 amide bonds. The normalized spacial score (nSPS) is 14.2. The summed E-state index contributed by atoms with van der Waals surface area (Å²) in [5.74, 6) is 0.541. The summed E-state index contributed by atoms with van der Waals surface area (Å²) in [6.07, 6.45) is 0. The van der Waals surface area contributed by atoms with Crippen molar-refractivity contribution in [3.63, 3.8) is 0 Å². The molecule has 2 atom stereocenters. The van der Waals surface area contributed by atoms with Crippen LogP contribution in [-0.4, -0.2) is 24.9 Å². The number of methoxy groups -OCH3 is 1. The Morgan fingerprint density at radius 1 is 1.44 bits per heavy atom. The zero-order valence-corrected chi connectivity index (χ0v) is 10.4. The molecular weight excluding hydrogens is 222 g/mol. The number of ether oxygens (including phenoxy) is 1. The SMILES string of the molecule is CCSC(c1ccccc1)C(N)C(=O)OC. The van der Waals surface area contributed by atoms with Crippen LogP contribution in [0.3, 0.4) is 0 Å². The molecule has 2 N–H and O–H groups in total. The van der Waals surface area contributed by atoms with Crippen molar-refractivity contribution in [1.82, 2.24) is 0 Å². The highest BCUT2D eigenvalue weighted by atomic mass is 32.2. The van der Waals surface area contributed by atoms with Crippen LogP contribution in [0.4, 0.5) is 0 Å². The van der Waals surface area contributed by atoms with Crippen molar-refractivity contribution in [2.45, 2.75) is 18.2 Å². The van der Waals surface area contributed by atoms with E-state index in [1.54, 1.807) is 11.8 Å². The molecule has 2 unspecified atom stereocenters. The van der Waals surface area contributed by atoms with Crippen LogP contribution in [0.1, 0.15) is 17.7 Å². The van der Waals surface area contributed by atoms with Crippen molar-refractivity contribution in [2.75, 3.05) is 12.9 Å². The van der Waals surface area contributed by atoms with Crippen molar-refractivity contribution in [3.8, 4) is 0 Å². The molecule has 0 aromatic heterocycles. The Labute approximate surface area is 100 Å². The second-order valence-electron chi connectivity index (χ2n) is 3.34. The summed E-state index contributed by atoms with van der Waals surface area (Å²) in [7, 11) is 1.36. The van der Waals surface area contributed by atoms with Crippen LogP contribution in [-0.2, 0) is 9.53 Å². The van der Waals surface area contributed by atoms with Gasteiger partial charge in [0.05, 0.1) is 12.4 Å². The van der Waals surface area contributed by atoms with Gasteiger partial charge in [-0.2, -0.15) is 11.8 Å². The predicted molar refractivity (Wildman–Crippen MR) is 67.3 cm³/mol. The average Bonchev–Trinajstić information content (AvgIpc) is 2.35. The lowest BCUT2D eigenvalue weighted by Crippen LogP contribution is -2.36. The minimum Gasteiger partial charge on any atom is -0.468 e. The van der Waals surface area contributed by atoms with Gasteiger partial charge in [-0.25, -0.2) is 0 Å². The molecule has 0 heterocycles. The number of thioether (sulfide) groups is 1. The highest BCUT2D eigenvalue weighted by molar-refractivity contribution is 7.99. The van der Waals surface area contributed by atoms with Crippen molar-refractivity contribution in [3.05, 3.63) is 35.9 Å². The third-order valence-corrected chi connectivity index (χ3v) is 3.53. The number of carbonyl (C=O) groups is 1. The molecule has 0 aliphatic heterocycles. The Hall–Kier alpha value is -1.00. The lowest BCUT2D eigenvalue weighted by molar-refractivity contribution is -0.142. The van der Waals surface area contributed by atoms with Crippen molar-refractivity contribution < 1.29 is 9.53 Å². The Bertz CT molecular complexity index is 329. The fourth-order valence-electron chi connectivity index (χ4n) is 1.49. The maximum absolute atomic E-state index is 11.4. The maximum atomic E-state index is 11.4. The second-order valence-corrected chi connectivity index (χ2v) is 4.75. The molecule has 1 aromatic carbocycles. The Kier molecular flexibility index (Phi) is 5.35. The topological polar surface area (TPSA) is 52.3 Å². The molecule has 16 heavy (non-hydrogen) atoms. The van der Waals surface area contributed by atoms with Crippen LogP contribution in [0.5, 0.6) is 0 Å². The summed E-state index contributed by atoms with van der Waals surface area (Å²) in [5.41, 5.74) is 6.96. The predicted octanol–water partition coefficient (Wildman–Crippen LogP) is 1.98. The Morgan fingerprint density at radius 3 is 2.56 bits per heavy atom. The third-order valence-electron chi connectivity index (χ3n) is 2.27. The first kappa shape index (κ1) is 13.1. The lowest BCUT2D eigenvalue weighted by atomic mass is 10.1. The zero-order valence-electron chi connectivity index (χ0n) is 9.55. The van der Waals surface area contributed by atoms with Crippen molar-refractivity contribution in [1.29, 1.82) is 0 Å². The molecule has 0 radical (unpaired) electrons. The molecule has 0 aliphatic carbocycles. The highest BCUT2D eigenvalue weighted by Crippen LogP contribution is 2.31. The van der Waals surface area contributed by atoms with Gasteiger partial charge in [-0.1, -0.05) is 37.3 Å². The van der Waals surface area contributed by atoms with E-state index in [2.05, 4.69) is 4.74 Å². The average molecular weight is 239 g/mol. The van der Waals surface area contributed by atoms with Crippen molar-refractivity contribution in [2.24, 2.45) is 5.73 Å². The molecular formula is C12H17NO2S. The molecule has 0 fully saturated rings. The van der Waals surface area contributed by atoms with E-state index in [-0.39, 0.29) is 11.2 Å². The van der Waals surface area contributed by atoms with Gasteiger partial charge in [0.2, 0.25) is 0 Å². The van der Waals surface area contributed by atoms with E-state index < -0.39 is 6.04 Å². The van der Waals surface area contributed by atoms with E-state index in [1.807, 2.05) is 37.3 Å². The van der Waals surface area contributed by atoms with Gasteiger partial charge in [-0.05, 0) is 11.3 Å². The van der Waals surface area contributed by atoms with E-state index in [0.717, 1.165) is 11.3 Å². The minimum atomic E-state index is -0.614. The minimum absolute atomic E-state index is 0.0429. The number of esters is 1. The van der Waals surface area contributed by atoms with Crippen LogP contribution in [0.15, 0.2) is 30.3 Å². The van der Waals surface area contributed by atoms with Gasteiger partial charge in [0, 0.05) is 0 Å². The first-order chi connectivity index (χ1) is 7.70. The number of nitrogens with two attached hydrogens (primary N) is 1. The summed E-state index contributed by atoms with van der Waals surface area (Å²) in [4.78, 5) is 11.4. The first-order valence-electron chi connectivity index (χ1n) is 5.20. The van der Waals surface area contributed by atoms with Gasteiger partial charge in [0.1, 0.15) is 6.04 Å². The Balaban J connectivity index is 2.86. The largest absolute Gasteiger partial charge is 0.468 e. The van der Waals surface area contributed by atoms with Gasteiger partial charge in [-0.3, -0.25) is 4.79 Å². The van der Waals surface area contributed by atoms with E-state index in [1.165, 1.54) is 7.11 Å². The van der Waals surface area contributed by atoms with Crippen molar-refractivity contribution >= 4 is 17.7 Å². The van der Waals surface area contributed by atoms with Gasteiger partial charge in [0.15, 0.2) is 0 Å². The van der Waals surface area contributed by atoms with Gasteiger partial charge in [0.25, 0.3) is 0 Å². The Morgan fingerprint density at radius 2 is 2.06 bits per heavy atom. The van der Waals surface area contributed by atoms with E-state index in [9.17, 15) is 4.79 Å². The second kappa shape index (κ2) is 6.55. The number of rotatable bonds is 5. The van der Waals surface area contributed by atoms with Gasteiger partial charge < -0.3 is 10.5 Å². The highest BCUT2D eigenvalue weighted by Gasteiger charge is 2.26. The maximum Gasteiger partial charge on any atom is 0.324 e. The van der Waals surface area contributed by atoms with Crippen LogP contribution >= 0.6 is 11.8 Å². The molecule has 3 nitrogen and oxygen atoms in total. The molecule has 1 rings (SSSR count). The van der Waals surface area contributed by atoms with Crippen LogP contribution in [0.2, 0.25) is 0 Å². The number of carbonyl (C=O) groups excluding carboxylic acids is 1. The zero-order chi connectivity index (χ0) is 12.0. The molecule has 4 heteroatoms. The quantitative estimate of drug-likeness (QED) is 0.798. The summed E-state index contributed by atoms with van der Waals surface area (Å²) in [6, 6.07) is 9.19. The summed E-state index contributed by atoms with van der Waals surface area (Å²) < 4.78 is 4.68. The van der Waals surface area contributed by atoms with Crippen LogP contribution in [0.25, 0.3) is 0 Å². The third kappa shape index (κ3) is 3.25. The monoisotopic (exact) mass is 239 g/mol. The fourth-order valence-corrected chi connectivity index (χ4v) is 2.52. The van der Waals surface area contributed by atoms with Gasteiger partial charge >= 0.3 is 5.97 Å². The number of benzene rings is 1. The molecule has 0 aliphatic rings.